The van der Waals surface area contributed by atoms with Crippen LogP contribution in [0.15, 0.2) is 169 Å². The van der Waals surface area contributed by atoms with Crippen LogP contribution >= 0.6 is 0 Å². The summed E-state index contributed by atoms with van der Waals surface area (Å²) in [6.07, 6.45) is 6.69. The Bertz CT molecular complexity index is 3380. The number of aromatic nitrogens is 1. The molecule has 10 aromatic rings. The number of rotatable bonds is 3. The summed E-state index contributed by atoms with van der Waals surface area (Å²) in [5.41, 5.74) is 10.4. The standard InChI is InChI=1S/C53H35N/c1-2-11-36(12-3-1)54-48-20-9-8-15-42(48)45-19-10-18-37(51(45)54)31-21-23-40-41-24-22-32(52-29-34-26-33-27-35(30-52)53(33,34)52)28-47(41)50-44-17-7-5-14-39(44)38-13-4-6-16-43(38)49(50)46(40)25-31/h1-26,28,34-35H,27,29-30H2. The average molecular weight is 686 g/mol. The molecule has 1 aromatic heterocycles. The van der Waals surface area contributed by atoms with Crippen LogP contribution < -0.4 is 0 Å². The minimum Gasteiger partial charge on any atom is -0.309 e. The van der Waals surface area contributed by atoms with Crippen molar-refractivity contribution in [1.82, 2.24) is 4.57 Å². The molecule has 14 rings (SSSR count). The molecule has 4 atom stereocenters. The molecule has 0 amide bonds. The third-order valence-corrected chi connectivity index (χ3v) is 15.0. The highest BCUT2D eigenvalue weighted by Gasteiger charge is 2.84. The summed E-state index contributed by atoms with van der Waals surface area (Å²) in [6.45, 7) is 0. The van der Waals surface area contributed by atoms with Crippen molar-refractivity contribution in [1.29, 1.82) is 0 Å². The average Bonchev–Trinajstić information content (AvgIpc) is 3.54. The quantitative estimate of drug-likeness (QED) is 0.129. The second-order valence-electron chi connectivity index (χ2n) is 16.8. The summed E-state index contributed by atoms with van der Waals surface area (Å²) in [4.78, 5) is 0. The number of para-hydroxylation sites is 3. The molecule has 1 spiro atoms. The molecule has 0 bridgehead atoms. The van der Waals surface area contributed by atoms with Crippen molar-refractivity contribution in [2.24, 2.45) is 17.3 Å². The Morgan fingerprint density at radius 3 is 1.83 bits per heavy atom. The van der Waals surface area contributed by atoms with Crippen LogP contribution in [0.5, 0.6) is 0 Å². The first-order chi connectivity index (χ1) is 26.7. The highest BCUT2D eigenvalue weighted by Crippen LogP contribution is 2.90. The van der Waals surface area contributed by atoms with E-state index in [1.807, 2.05) is 0 Å². The van der Waals surface area contributed by atoms with Crippen molar-refractivity contribution in [3.63, 3.8) is 0 Å². The Labute approximate surface area is 312 Å². The fourth-order valence-corrected chi connectivity index (χ4v) is 12.9. The lowest BCUT2D eigenvalue weighted by molar-refractivity contribution is -0.250. The zero-order chi connectivity index (χ0) is 34.9. The maximum atomic E-state index is 2.65. The Morgan fingerprint density at radius 1 is 0.481 bits per heavy atom. The first kappa shape index (κ1) is 28.3. The SMILES string of the molecule is C1=C2CC3CC4(c5ccc6c7ccc(-c8cccc9c%10ccccc%10n(-c%10ccccc%10)c89)cc7c7c8ccccc8c8ccccc8c7c6c5)CC1C234. The van der Waals surface area contributed by atoms with Crippen molar-refractivity contribution in [3.05, 3.63) is 175 Å². The largest absolute Gasteiger partial charge is 0.309 e. The van der Waals surface area contributed by atoms with E-state index in [1.165, 1.54) is 112 Å². The molecule has 54 heavy (non-hydrogen) atoms. The Hall–Kier alpha value is -6.18. The van der Waals surface area contributed by atoms with E-state index < -0.39 is 0 Å². The van der Waals surface area contributed by atoms with E-state index >= 15 is 0 Å². The summed E-state index contributed by atoms with van der Waals surface area (Å²) < 4.78 is 2.47. The van der Waals surface area contributed by atoms with E-state index in [0.29, 0.717) is 10.8 Å². The lowest BCUT2D eigenvalue weighted by Crippen LogP contribution is -2.82. The van der Waals surface area contributed by atoms with E-state index in [1.54, 1.807) is 11.1 Å². The van der Waals surface area contributed by atoms with Crippen LogP contribution in [-0.4, -0.2) is 4.57 Å². The van der Waals surface area contributed by atoms with Gasteiger partial charge in [-0.2, -0.15) is 0 Å². The van der Waals surface area contributed by atoms with E-state index in [-0.39, 0.29) is 0 Å². The number of fused-ring (bicyclic) bond motifs is 14. The van der Waals surface area contributed by atoms with E-state index in [2.05, 4.69) is 168 Å². The fraction of sp³-hybridized carbons (Fsp3) is 0.132. The molecule has 0 radical (unpaired) electrons. The third kappa shape index (κ3) is 3.05. The second-order valence-corrected chi connectivity index (χ2v) is 16.8. The first-order valence-corrected chi connectivity index (χ1v) is 19.8. The third-order valence-electron chi connectivity index (χ3n) is 15.0. The Morgan fingerprint density at radius 2 is 1.11 bits per heavy atom. The molecule has 3 fully saturated rings. The molecular weight excluding hydrogens is 651 g/mol. The van der Waals surface area contributed by atoms with Gasteiger partial charge in [-0.15, -0.1) is 0 Å². The summed E-state index contributed by atoms with van der Waals surface area (Å²) in [7, 11) is 0. The van der Waals surface area contributed by atoms with Gasteiger partial charge in [-0.25, -0.2) is 0 Å². The summed E-state index contributed by atoms with van der Waals surface area (Å²) in [6, 6.07) is 59.9. The van der Waals surface area contributed by atoms with Gasteiger partial charge in [0.1, 0.15) is 0 Å². The van der Waals surface area contributed by atoms with Crippen LogP contribution in [0, 0.1) is 17.3 Å². The zero-order valence-electron chi connectivity index (χ0n) is 29.8. The summed E-state index contributed by atoms with van der Waals surface area (Å²) >= 11 is 0. The van der Waals surface area contributed by atoms with Gasteiger partial charge in [0, 0.05) is 32.9 Å². The number of hydrogen-bond acceptors (Lipinski definition) is 0. The van der Waals surface area contributed by atoms with E-state index in [4.69, 9.17) is 0 Å². The van der Waals surface area contributed by atoms with E-state index in [9.17, 15) is 0 Å². The summed E-state index contributed by atoms with van der Waals surface area (Å²) in [5, 5.41) is 16.2. The molecular formula is C53H35N. The number of nitrogens with zero attached hydrogens (tertiary/aromatic N) is 1. The Balaban J connectivity index is 1.11. The first-order valence-electron chi connectivity index (χ1n) is 19.8. The predicted molar refractivity (Wildman–Crippen MR) is 227 cm³/mol. The van der Waals surface area contributed by atoms with Gasteiger partial charge < -0.3 is 4.57 Å². The van der Waals surface area contributed by atoms with Crippen LogP contribution in [0.2, 0.25) is 0 Å². The minimum absolute atomic E-state index is 0.354. The lowest BCUT2D eigenvalue weighted by atomic mass is 9.16. The molecule has 4 unspecified atom stereocenters. The van der Waals surface area contributed by atoms with Crippen molar-refractivity contribution in [3.8, 4) is 16.8 Å². The highest BCUT2D eigenvalue weighted by atomic mass is 15.0. The molecule has 4 aliphatic rings. The Kier molecular flexibility index (Phi) is 4.98. The molecule has 3 saturated carbocycles. The zero-order valence-corrected chi connectivity index (χ0v) is 29.8. The molecule has 9 aromatic carbocycles. The molecule has 4 aliphatic carbocycles. The van der Waals surface area contributed by atoms with Crippen LogP contribution in [0.3, 0.4) is 0 Å². The van der Waals surface area contributed by atoms with Crippen molar-refractivity contribution in [2.75, 3.05) is 0 Å². The van der Waals surface area contributed by atoms with Gasteiger partial charge in [0.15, 0.2) is 0 Å². The van der Waals surface area contributed by atoms with Gasteiger partial charge in [0.2, 0.25) is 0 Å². The molecule has 0 aliphatic heterocycles. The minimum atomic E-state index is 0.354. The molecule has 1 nitrogen and oxygen atoms in total. The van der Waals surface area contributed by atoms with Gasteiger partial charge in [-0.1, -0.05) is 139 Å². The van der Waals surface area contributed by atoms with Gasteiger partial charge in [-0.05, 0) is 126 Å². The maximum absolute atomic E-state index is 2.65. The van der Waals surface area contributed by atoms with Gasteiger partial charge >= 0.3 is 0 Å². The maximum Gasteiger partial charge on any atom is 0.0619 e. The number of allylic oxidation sites excluding steroid dienone is 2. The van der Waals surface area contributed by atoms with Crippen molar-refractivity contribution >= 4 is 75.7 Å². The highest BCUT2D eigenvalue weighted by molar-refractivity contribution is 6.39. The van der Waals surface area contributed by atoms with Gasteiger partial charge in [-0.3, -0.25) is 0 Å². The predicted octanol–water partition coefficient (Wildman–Crippen LogP) is 13.8. The molecule has 252 valence electrons. The van der Waals surface area contributed by atoms with Crippen LogP contribution in [-0.2, 0) is 5.41 Å². The van der Waals surface area contributed by atoms with Crippen molar-refractivity contribution < 1.29 is 0 Å². The normalized spacial score (nSPS) is 23.6. The molecule has 0 N–H and O–H groups in total. The second kappa shape index (κ2) is 9.48. The fourth-order valence-electron chi connectivity index (χ4n) is 12.9. The molecule has 1 heterocycles. The monoisotopic (exact) mass is 685 g/mol. The number of benzene rings is 9. The van der Waals surface area contributed by atoms with Crippen LogP contribution in [0.1, 0.15) is 24.8 Å². The molecule has 0 saturated heterocycles. The van der Waals surface area contributed by atoms with E-state index in [0.717, 1.165) is 11.8 Å². The summed E-state index contributed by atoms with van der Waals surface area (Å²) in [5.74, 6) is 1.76. The topological polar surface area (TPSA) is 4.93 Å². The smallest absolute Gasteiger partial charge is 0.0619 e. The number of hydrogen-bond donors (Lipinski definition) is 0. The lowest BCUT2D eigenvalue weighted by Gasteiger charge is -2.87. The molecule has 1 heteroatoms. The van der Waals surface area contributed by atoms with Gasteiger partial charge in [0.25, 0.3) is 0 Å². The van der Waals surface area contributed by atoms with Crippen LogP contribution in [0.4, 0.5) is 0 Å². The van der Waals surface area contributed by atoms with Gasteiger partial charge in [0.05, 0.1) is 11.0 Å². The van der Waals surface area contributed by atoms with Crippen LogP contribution in [0.25, 0.3) is 92.5 Å². The van der Waals surface area contributed by atoms with Crippen molar-refractivity contribution in [2.45, 2.75) is 24.7 Å².